The molecule has 1 aliphatic rings. The number of hydrogen-bond donors (Lipinski definition) is 2. The topological polar surface area (TPSA) is 41.5 Å². The molecule has 2 N–H and O–H groups in total. The minimum absolute atomic E-state index is 0.0110. The van der Waals surface area contributed by atoms with Crippen LogP contribution in [0.15, 0.2) is 0 Å². The molecule has 0 radical (unpaired) electrons. The summed E-state index contributed by atoms with van der Waals surface area (Å²) in [5, 5.41) is 12.6. The van der Waals surface area contributed by atoms with Gasteiger partial charge in [0.05, 0.1) is 5.60 Å². The predicted molar refractivity (Wildman–Crippen MR) is 66.5 cm³/mol. The maximum atomic E-state index is 8.97. The van der Waals surface area contributed by atoms with Crippen molar-refractivity contribution in [3.8, 4) is 0 Å². The van der Waals surface area contributed by atoms with E-state index in [1.165, 1.54) is 0 Å². The van der Waals surface area contributed by atoms with E-state index < -0.39 is 0 Å². The standard InChI is InChI=1S/C13H27NO2/c1-12(2,6-7-15)10-14-11-5-8-16-13(3,4)9-11/h11,14-15H,5-10H2,1-4H3. The van der Waals surface area contributed by atoms with E-state index in [-0.39, 0.29) is 17.6 Å². The molecule has 1 unspecified atom stereocenters. The van der Waals surface area contributed by atoms with Crippen molar-refractivity contribution in [3.63, 3.8) is 0 Å². The van der Waals surface area contributed by atoms with Crippen molar-refractivity contribution in [2.75, 3.05) is 19.8 Å². The first kappa shape index (κ1) is 13.9. The second-order valence-electron chi connectivity index (χ2n) is 6.32. The largest absolute Gasteiger partial charge is 0.396 e. The van der Waals surface area contributed by atoms with Crippen LogP contribution in [0.4, 0.5) is 0 Å². The fraction of sp³-hybridized carbons (Fsp3) is 1.00. The third-order valence-corrected chi connectivity index (χ3v) is 3.35. The Morgan fingerprint density at radius 2 is 2.12 bits per heavy atom. The van der Waals surface area contributed by atoms with Crippen LogP contribution in [-0.2, 0) is 4.74 Å². The van der Waals surface area contributed by atoms with Gasteiger partial charge in [0, 0.05) is 25.8 Å². The lowest BCUT2D eigenvalue weighted by atomic mass is 9.88. The molecule has 0 spiro atoms. The van der Waals surface area contributed by atoms with Crippen molar-refractivity contribution in [1.29, 1.82) is 0 Å². The predicted octanol–water partition coefficient (Wildman–Crippen LogP) is 1.94. The summed E-state index contributed by atoms with van der Waals surface area (Å²) < 4.78 is 5.69. The fourth-order valence-corrected chi connectivity index (χ4v) is 2.22. The van der Waals surface area contributed by atoms with Gasteiger partial charge < -0.3 is 15.2 Å². The van der Waals surface area contributed by atoms with Crippen LogP contribution in [-0.4, -0.2) is 36.5 Å². The molecular weight excluding hydrogens is 202 g/mol. The van der Waals surface area contributed by atoms with E-state index in [1.807, 2.05) is 0 Å². The summed E-state index contributed by atoms with van der Waals surface area (Å²) in [4.78, 5) is 0. The van der Waals surface area contributed by atoms with Crippen LogP contribution < -0.4 is 5.32 Å². The van der Waals surface area contributed by atoms with Crippen LogP contribution in [0.3, 0.4) is 0 Å². The van der Waals surface area contributed by atoms with E-state index in [1.54, 1.807) is 0 Å². The second kappa shape index (κ2) is 5.48. The van der Waals surface area contributed by atoms with E-state index in [4.69, 9.17) is 9.84 Å². The molecular formula is C13H27NO2. The highest BCUT2D eigenvalue weighted by molar-refractivity contribution is 4.84. The lowest BCUT2D eigenvalue weighted by Crippen LogP contribution is -2.46. The highest BCUT2D eigenvalue weighted by atomic mass is 16.5. The van der Waals surface area contributed by atoms with Gasteiger partial charge in [0.15, 0.2) is 0 Å². The molecule has 0 saturated carbocycles. The van der Waals surface area contributed by atoms with Gasteiger partial charge in [-0.05, 0) is 38.5 Å². The van der Waals surface area contributed by atoms with Gasteiger partial charge >= 0.3 is 0 Å². The van der Waals surface area contributed by atoms with Gasteiger partial charge in [0.1, 0.15) is 0 Å². The summed E-state index contributed by atoms with van der Waals surface area (Å²) >= 11 is 0. The van der Waals surface area contributed by atoms with Crippen molar-refractivity contribution in [1.82, 2.24) is 5.32 Å². The SMILES string of the molecule is CC(C)(CCO)CNC1CCOC(C)(C)C1. The Labute approximate surface area is 99.6 Å². The van der Waals surface area contributed by atoms with E-state index in [0.29, 0.717) is 6.04 Å². The zero-order valence-corrected chi connectivity index (χ0v) is 11.2. The highest BCUT2D eigenvalue weighted by Gasteiger charge is 2.29. The van der Waals surface area contributed by atoms with Crippen LogP contribution in [0.25, 0.3) is 0 Å². The van der Waals surface area contributed by atoms with E-state index in [9.17, 15) is 0 Å². The molecule has 3 nitrogen and oxygen atoms in total. The molecule has 0 amide bonds. The summed E-state index contributed by atoms with van der Waals surface area (Å²) in [5.41, 5.74) is 0.189. The van der Waals surface area contributed by atoms with Gasteiger partial charge in [0.25, 0.3) is 0 Å². The summed E-state index contributed by atoms with van der Waals surface area (Å²) in [6.45, 7) is 10.8. The third-order valence-electron chi connectivity index (χ3n) is 3.35. The minimum atomic E-state index is 0.0110. The number of aliphatic hydroxyl groups is 1. The Balaban J connectivity index is 2.32. The summed E-state index contributed by atoms with van der Waals surface area (Å²) in [6, 6.07) is 0.557. The lowest BCUT2D eigenvalue weighted by molar-refractivity contribution is -0.0638. The average Bonchev–Trinajstić information content (AvgIpc) is 2.13. The Kier molecular flexibility index (Phi) is 4.77. The maximum Gasteiger partial charge on any atom is 0.0641 e. The van der Waals surface area contributed by atoms with Gasteiger partial charge in [-0.15, -0.1) is 0 Å². The van der Waals surface area contributed by atoms with Crippen LogP contribution in [0.1, 0.15) is 47.0 Å². The molecule has 1 heterocycles. The molecule has 16 heavy (non-hydrogen) atoms. The molecule has 1 aliphatic heterocycles. The maximum absolute atomic E-state index is 8.97. The summed E-state index contributed by atoms with van der Waals surface area (Å²) in [7, 11) is 0. The minimum Gasteiger partial charge on any atom is -0.396 e. The van der Waals surface area contributed by atoms with Gasteiger partial charge in [-0.1, -0.05) is 13.8 Å². The first-order chi connectivity index (χ1) is 7.35. The van der Waals surface area contributed by atoms with Gasteiger partial charge in [0.2, 0.25) is 0 Å². The van der Waals surface area contributed by atoms with E-state index >= 15 is 0 Å². The Bertz CT molecular complexity index is 214. The van der Waals surface area contributed by atoms with Crippen LogP contribution in [0.5, 0.6) is 0 Å². The number of rotatable bonds is 5. The quantitative estimate of drug-likeness (QED) is 0.757. The fourth-order valence-electron chi connectivity index (χ4n) is 2.22. The Hall–Kier alpha value is -0.120. The number of hydrogen-bond acceptors (Lipinski definition) is 3. The summed E-state index contributed by atoms with van der Waals surface area (Å²) in [6.07, 6.45) is 3.02. The first-order valence-corrected chi connectivity index (χ1v) is 6.33. The zero-order valence-electron chi connectivity index (χ0n) is 11.2. The summed E-state index contributed by atoms with van der Waals surface area (Å²) in [5.74, 6) is 0. The number of ether oxygens (including phenoxy) is 1. The molecule has 3 heteroatoms. The van der Waals surface area contributed by atoms with Gasteiger partial charge in [-0.25, -0.2) is 0 Å². The zero-order chi connectivity index (χ0) is 12.2. The van der Waals surface area contributed by atoms with E-state index in [0.717, 1.165) is 32.4 Å². The van der Waals surface area contributed by atoms with Crippen LogP contribution >= 0.6 is 0 Å². The molecule has 0 aromatic rings. The van der Waals surface area contributed by atoms with Crippen LogP contribution in [0, 0.1) is 5.41 Å². The van der Waals surface area contributed by atoms with Gasteiger partial charge in [-0.2, -0.15) is 0 Å². The van der Waals surface area contributed by atoms with Crippen molar-refractivity contribution in [2.24, 2.45) is 5.41 Å². The van der Waals surface area contributed by atoms with Crippen LogP contribution in [0.2, 0.25) is 0 Å². The smallest absolute Gasteiger partial charge is 0.0641 e. The third kappa shape index (κ3) is 4.81. The molecule has 1 fully saturated rings. The molecule has 1 atom stereocenters. The van der Waals surface area contributed by atoms with Crippen molar-refractivity contribution < 1.29 is 9.84 Å². The molecule has 0 aromatic heterocycles. The van der Waals surface area contributed by atoms with Crippen molar-refractivity contribution in [3.05, 3.63) is 0 Å². The molecule has 0 bridgehead atoms. The Morgan fingerprint density at radius 1 is 1.44 bits per heavy atom. The van der Waals surface area contributed by atoms with Crippen molar-refractivity contribution in [2.45, 2.75) is 58.6 Å². The number of aliphatic hydroxyl groups excluding tert-OH is 1. The molecule has 0 aromatic carbocycles. The second-order valence-corrected chi connectivity index (χ2v) is 6.32. The molecule has 1 rings (SSSR count). The average molecular weight is 229 g/mol. The molecule has 0 aliphatic carbocycles. The first-order valence-electron chi connectivity index (χ1n) is 6.33. The monoisotopic (exact) mass is 229 g/mol. The normalized spacial score (nSPS) is 25.7. The lowest BCUT2D eigenvalue weighted by Gasteiger charge is -2.37. The molecule has 1 saturated heterocycles. The van der Waals surface area contributed by atoms with Crippen molar-refractivity contribution >= 4 is 0 Å². The van der Waals surface area contributed by atoms with Gasteiger partial charge in [-0.3, -0.25) is 0 Å². The molecule has 96 valence electrons. The number of nitrogens with one attached hydrogen (secondary N) is 1. The highest BCUT2D eigenvalue weighted by Crippen LogP contribution is 2.25. The van der Waals surface area contributed by atoms with E-state index in [2.05, 4.69) is 33.0 Å². The Morgan fingerprint density at radius 3 is 2.69 bits per heavy atom.